The van der Waals surface area contributed by atoms with Crippen LogP contribution in [0.4, 0.5) is 13.2 Å². The van der Waals surface area contributed by atoms with Crippen LogP contribution in [-0.4, -0.2) is 25.8 Å². The van der Waals surface area contributed by atoms with E-state index in [1.54, 1.807) is 12.1 Å². The fraction of sp³-hybridized carbons (Fsp3) is 0.625. The lowest BCUT2D eigenvalue weighted by molar-refractivity contribution is -0.137. The van der Waals surface area contributed by atoms with Crippen molar-refractivity contribution in [2.75, 3.05) is 13.7 Å². The van der Waals surface area contributed by atoms with Gasteiger partial charge in [0, 0.05) is 12.6 Å². The molecular weight excluding hydrogens is 279 g/mol. The normalized spacial score (nSPS) is 21.2. The molecule has 5 heteroatoms. The predicted molar refractivity (Wildman–Crippen MR) is 76.2 cm³/mol. The molecule has 1 aromatic carbocycles. The van der Waals surface area contributed by atoms with Crippen molar-refractivity contribution in [3.63, 3.8) is 0 Å². The van der Waals surface area contributed by atoms with Gasteiger partial charge in [-0.05, 0) is 56.8 Å². The van der Waals surface area contributed by atoms with Crippen LogP contribution in [-0.2, 0) is 17.3 Å². The SMILES string of the molecule is CNC(Cc1ccc(C(F)(F)F)cc1)CC1CCCCO1. The number of hydrogen-bond acceptors (Lipinski definition) is 2. The van der Waals surface area contributed by atoms with Crippen LogP contribution in [0.25, 0.3) is 0 Å². The number of alkyl halides is 3. The molecule has 0 aromatic heterocycles. The van der Waals surface area contributed by atoms with Crippen molar-refractivity contribution in [3.05, 3.63) is 35.4 Å². The Morgan fingerprint density at radius 3 is 2.48 bits per heavy atom. The van der Waals surface area contributed by atoms with Gasteiger partial charge in [-0.2, -0.15) is 13.2 Å². The Balaban J connectivity index is 1.91. The molecule has 0 bridgehead atoms. The molecule has 2 atom stereocenters. The maximum Gasteiger partial charge on any atom is 0.416 e. The van der Waals surface area contributed by atoms with Crippen molar-refractivity contribution >= 4 is 0 Å². The first-order chi connectivity index (χ1) is 9.99. The van der Waals surface area contributed by atoms with Gasteiger partial charge in [0.15, 0.2) is 0 Å². The summed E-state index contributed by atoms with van der Waals surface area (Å²) in [4.78, 5) is 0. The lowest BCUT2D eigenvalue weighted by Gasteiger charge is -2.27. The van der Waals surface area contributed by atoms with Crippen LogP contribution in [0.3, 0.4) is 0 Å². The summed E-state index contributed by atoms with van der Waals surface area (Å²) in [5.74, 6) is 0. The van der Waals surface area contributed by atoms with Gasteiger partial charge in [-0.25, -0.2) is 0 Å². The summed E-state index contributed by atoms with van der Waals surface area (Å²) >= 11 is 0. The third-order valence-corrected chi connectivity index (χ3v) is 3.99. The minimum Gasteiger partial charge on any atom is -0.378 e. The molecular formula is C16H22F3NO. The van der Waals surface area contributed by atoms with Crippen molar-refractivity contribution in [2.24, 2.45) is 0 Å². The molecule has 1 aliphatic rings. The number of nitrogens with one attached hydrogen (secondary N) is 1. The van der Waals surface area contributed by atoms with Gasteiger partial charge in [-0.15, -0.1) is 0 Å². The molecule has 2 nitrogen and oxygen atoms in total. The summed E-state index contributed by atoms with van der Waals surface area (Å²) < 4.78 is 43.3. The molecule has 0 spiro atoms. The zero-order valence-corrected chi connectivity index (χ0v) is 12.2. The zero-order valence-electron chi connectivity index (χ0n) is 12.2. The number of likely N-dealkylation sites (N-methyl/N-ethyl adjacent to an activating group) is 1. The van der Waals surface area contributed by atoms with E-state index in [2.05, 4.69) is 5.32 Å². The van der Waals surface area contributed by atoms with Crippen LogP contribution in [0.15, 0.2) is 24.3 Å². The Morgan fingerprint density at radius 1 is 1.24 bits per heavy atom. The molecule has 21 heavy (non-hydrogen) atoms. The Labute approximate surface area is 123 Å². The Morgan fingerprint density at radius 2 is 1.95 bits per heavy atom. The van der Waals surface area contributed by atoms with E-state index in [1.807, 2.05) is 7.05 Å². The van der Waals surface area contributed by atoms with Crippen LogP contribution in [0.1, 0.15) is 36.8 Å². The van der Waals surface area contributed by atoms with Crippen molar-refractivity contribution in [1.82, 2.24) is 5.32 Å². The number of halogens is 3. The predicted octanol–water partition coefficient (Wildman–Crippen LogP) is 3.80. The second-order valence-electron chi connectivity index (χ2n) is 5.61. The fourth-order valence-corrected chi connectivity index (χ4v) is 2.73. The van der Waals surface area contributed by atoms with Crippen LogP contribution in [0, 0.1) is 0 Å². The Kier molecular flexibility index (Phi) is 5.65. The summed E-state index contributed by atoms with van der Waals surface area (Å²) in [6.07, 6.45) is 1.01. The molecule has 1 fully saturated rings. The van der Waals surface area contributed by atoms with Gasteiger partial charge in [0.2, 0.25) is 0 Å². The first kappa shape index (κ1) is 16.3. The summed E-state index contributed by atoms with van der Waals surface area (Å²) in [5, 5.41) is 3.24. The summed E-state index contributed by atoms with van der Waals surface area (Å²) in [6, 6.07) is 5.66. The smallest absolute Gasteiger partial charge is 0.378 e. The topological polar surface area (TPSA) is 21.3 Å². The highest BCUT2D eigenvalue weighted by molar-refractivity contribution is 5.25. The first-order valence-electron chi connectivity index (χ1n) is 7.44. The third-order valence-electron chi connectivity index (χ3n) is 3.99. The van der Waals surface area contributed by atoms with Gasteiger partial charge >= 0.3 is 6.18 Å². The molecule has 0 saturated carbocycles. The highest BCUT2D eigenvalue weighted by atomic mass is 19.4. The van der Waals surface area contributed by atoms with E-state index in [-0.39, 0.29) is 12.1 Å². The maximum absolute atomic E-state index is 12.5. The molecule has 1 heterocycles. The van der Waals surface area contributed by atoms with E-state index in [4.69, 9.17) is 4.74 Å². The van der Waals surface area contributed by atoms with Gasteiger partial charge in [-0.3, -0.25) is 0 Å². The average Bonchev–Trinajstić information content (AvgIpc) is 2.47. The molecule has 0 amide bonds. The van der Waals surface area contributed by atoms with E-state index >= 15 is 0 Å². The summed E-state index contributed by atoms with van der Waals surface area (Å²) in [7, 11) is 1.89. The van der Waals surface area contributed by atoms with Gasteiger partial charge < -0.3 is 10.1 Å². The number of benzene rings is 1. The standard InChI is InChI=1S/C16H22F3NO/c1-20-14(11-15-4-2-3-9-21-15)10-12-5-7-13(8-6-12)16(17,18)19/h5-8,14-15,20H,2-4,9-11H2,1H3. The lowest BCUT2D eigenvalue weighted by Crippen LogP contribution is -2.34. The molecule has 2 rings (SSSR count). The van der Waals surface area contributed by atoms with E-state index in [0.717, 1.165) is 43.6 Å². The minimum atomic E-state index is -4.27. The van der Waals surface area contributed by atoms with Crippen LogP contribution in [0.5, 0.6) is 0 Å². The maximum atomic E-state index is 12.5. The molecule has 1 aromatic rings. The molecule has 1 aliphatic heterocycles. The minimum absolute atomic E-state index is 0.227. The lowest BCUT2D eigenvalue weighted by atomic mass is 9.96. The van der Waals surface area contributed by atoms with Gasteiger partial charge in [-0.1, -0.05) is 12.1 Å². The van der Waals surface area contributed by atoms with Crippen molar-refractivity contribution < 1.29 is 17.9 Å². The van der Waals surface area contributed by atoms with Gasteiger partial charge in [0.1, 0.15) is 0 Å². The summed E-state index contributed by atoms with van der Waals surface area (Å²) in [5.41, 5.74) is 0.320. The first-order valence-corrected chi connectivity index (χ1v) is 7.44. The van der Waals surface area contributed by atoms with Crippen molar-refractivity contribution in [2.45, 2.75) is 50.4 Å². The zero-order chi connectivity index (χ0) is 15.3. The highest BCUT2D eigenvalue weighted by Crippen LogP contribution is 2.29. The Hall–Kier alpha value is -1.07. The monoisotopic (exact) mass is 301 g/mol. The second-order valence-corrected chi connectivity index (χ2v) is 5.61. The van der Waals surface area contributed by atoms with E-state index in [0.29, 0.717) is 6.42 Å². The highest BCUT2D eigenvalue weighted by Gasteiger charge is 2.30. The van der Waals surface area contributed by atoms with Crippen molar-refractivity contribution in [3.8, 4) is 0 Å². The second kappa shape index (κ2) is 7.27. The van der Waals surface area contributed by atoms with E-state index in [1.165, 1.54) is 6.42 Å². The molecule has 0 aliphatic carbocycles. The van der Waals surface area contributed by atoms with Crippen LogP contribution < -0.4 is 5.32 Å². The number of hydrogen-bond donors (Lipinski definition) is 1. The quantitative estimate of drug-likeness (QED) is 0.893. The molecule has 2 unspecified atom stereocenters. The van der Waals surface area contributed by atoms with Crippen LogP contribution >= 0.6 is 0 Å². The molecule has 1 N–H and O–H groups in total. The van der Waals surface area contributed by atoms with Crippen LogP contribution in [0.2, 0.25) is 0 Å². The largest absolute Gasteiger partial charge is 0.416 e. The molecule has 0 radical (unpaired) electrons. The van der Waals surface area contributed by atoms with E-state index in [9.17, 15) is 13.2 Å². The Bertz CT molecular complexity index is 424. The van der Waals surface area contributed by atoms with Crippen molar-refractivity contribution in [1.29, 1.82) is 0 Å². The molecule has 118 valence electrons. The third kappa shape index (κ3) is 5.00. The number of rotatable bonds is 5. The van der Waals surface area contributed by atoms with Gasteiger partial charge in [0.05, 0.1) is 11.7 Å². The van der Waals surface area contributed by atoms with Gasteiger partial charge in [0.25, 0.3) is 0 Å². The summed E-state index contributed by atoms with van der Waals surface area (Å²) in [6.45, 7) is 0.821. The van der Waals surface area contributed by atoms with E-state index < -0.39 is 11.7 Å². The molecule has 1 saturated heterocycles. The average molecular weight is 301 g/mol. The number of ether oxygens (including phenoxy) is 1. The fourth-order valence-electron chi connectivity index (χ4n) is 2.73.